The quantitative estimate of drug-likeness (QED) is 0.797. The van der Waals surface area contributed by atoms with E-state index in [1.165, 1.54) is 0 Å². The van der Waals surface area contributed by atoms with Crippen LogP contribution in [0.15, 0.2) is 18.2 Å². The summed E-state index contributed by atoms with van der Waals surface area (Å²) in [7, 11) is 0. The average Bonchev–Trinajstić information content (AvgIpc) is 2.41. The molecule has 1 aromatic carbocycles. The minimum absolute atomic E-state index is 0.219. The highest BCUT2D eigenvalue weighted by molar-refractivity contribution is 5.71. The van der Waals surface area contributed by atoms with Crippen LogP contribution in [0.3, 0.4) is 0 Å². The maximum absolute atomic E-state index is 10.8. The van der Waals surface area contributed by atoms with Crippen molar-refractivity contribution in [3.05, 3.63) is 23.8 Å². The third kappa shape index (κ3) is 4.11. The summed E-state index contributed by atoms with van der Waals surface area (Å²) in [4.78, 5) is 12.9. The third-order valence-corrected chi connectivity index (χ3v) is 3.48. The van der Waals surface area contributed by atoms with E-state index in [0.29, 0.717) is 26.3 Å². The van der Waals surface area contributed by atoms with Crippen LogP contribution in [0.4, 0.5) is 0 Å². The molecule has 0 saturated carbocycles. The van der Waals surface area contributed by atoms with Crippen LogP contribution in [0.1, 0.15) is 25.8 Å². The van der Waals surface area contributed by atoms with Gasteiger partial charge in [-0.2, -0.15) is 0 Å². The van der Waals surface area contributed by atoms with Gasteiger partial charge in [0, 0.05) is 19.6 Å². The maximum Gasteiger partial charge on any atom is 0.309 e. The van der Waals surface area contributed by atoms with E-state index >= 15 is 0 Å². The van der Waals surface area contributed by atoms with Crippen molar-refractivity contribution in [2.24, 2.45) is 5.92 Å². The van der Waals surface area contributed by atoms with Crippen LogP contribution in [0, 0.1) is 5.92 Å². The molecule has 0 aromatic heterocycles. The van der Waals surface area contributed by atoms with Crippen molar-refractivity contribution in [2.45, 2.75) is 26.8 Å². The van der Waals surface area contributed by atoms with Gasteiger partial charge in [0.05, 0.1) is 19.1 Å². The molecule has 1 heterocycles. The number of carbonyl (C=O) groups is 1. The topological polar surface area (TPSA) is 59.0 Å². The summed E-state index contributed by atoms with van der Waals surface area (Å²) in [5, 5.41) is 8.89. The highest BCUT2D eigenvalue weighted by Crippen LogP contribution is 2.30. The van der Waals surface area contributed by atoms with Crippen molar-refractivity contribution in [1.29, 1.82) is 0 Å². The van der Waals surface area contributed by atoms with E-state index in [1.54, 1.807) is 0 Å². The molecule has 5 heteroatoms. The number of benzene rings is 1. The molecular weight excluding hydrogens is 270 g/mol. The zero-order chi connectivity index (χ0) is 15.2. The van der Waals surface area contributed by atoms with Crippen LogP contribution in [-0.2, 0) is 11.3 Å². The van der Waals surface area contributed by atoms with Crippen LogP contribution in [-0.4, -0.2) is 42.3 Å². The zero-order valence-corrected chi connectivity index (χ0v) is 12.7. The summed E-state index contributed by atoms with van der Waals surface area (Å²) in [5.74, 6) is 0.612. The number of hydrogen-bond acceptors (Lipinski definition) is 4. The number of hydrogen-bond donors (Lipinski definition) is 1. The molecule has 2 rings (SSSR count). The van der Waals surface area contributed by atoms with Crippen LogP contribution in [0.5, 0.6) is 11.5 Å². The van der Waals surface area contributed by atoms with E-state index in [2.05, 4.69) is 11.8 Å². The van der Waals surface area contributed by atoms with Crippen LogP contribution >= 0.6 is 0 Å². The largest absolute Gasteiger partial charge is 0.490 e. The number of carboxylic acids is 1. The number of nitrogens with zero attached hydrogens (tertiary/aromatic N) is 1. The second-order valence-electron chi connectivity index (χ2n) is 5.29. The van der Waals surface area contributed by atoms with E-state index in [0.717, 1.165) is 30.0 Å². The van der Waals surface area contributed by atoms with Crippen molar-refractivity contribution in [3.8, 4) is 11.5 Å². The van der Waals surface area contributed by atoms with E-state index in [4.69, 9.17) is 14.6 Å². The molecule has 21 heavy (non-hydrogen) atoms. The summed E-state index contributed by atoms with van der Waals surface area (Å²) in [6.07, 6.45) is 0.956. The Labute approximate surface area is 125 Å². The second kappa shape index (κ2) is 7.31. The molecular formula is C16H23NO4. The van der Waals surface area contributed by atoms with Crippen molar-refractivity contribution < 1.29 is 19.4 Å². The van der Waals surface area contributed by atoms with Gasteiger partial charge < -0.3 is 14.6 Å². The van der Waals surface area contributed by atoms with Gasteiger partial charge in [-0.15, -0.1) is 0 Å². The molecule has 0 amide bonds. The SMILES string of the molecule is CCCOc1ccc(CN2CC(C(=O)O)C2)cc1OCC. The molecule has 0 aliphatic carbocycles. The predicted octanol–water partition coefficient (Wildman–Crippen LogP) is 2.39. The lowest BCUT2D eigenvalue weighted by Gasteiger charge is -2.36. The van der Waals surface area contributed by atoms with E-state index in [9.17, 15) is 4.79 Å². The van der Waals surface area contributed by atoms with E-state index in [1.807, 2.05) is 25.1 Å². The molecule has 1 N–H and O–H groups in total. The molecule has 1 fully saturated rings. The minimum atomic E-state index is -0.704. The molecule has 0 radical (unpaired) electrons. The van der Waals surface area contributed by atoms with Gasteiger partial charge >= 0.3 is 5.97 Å². The first kappa shape index (κ1) is 15.6. The minimum Gasteiger partial charge on any atom is -0.490 e. The van der Waals surface area contributed by atoms with Gasteiger partial charge in [0.1, 0.15) is 0 Å². The molecule has 0 atom stereocenters. The first-order valence-corrected chi connectivity index (χ1v) is 7.47. The van der Waals surface area contributed by atoms with E-state index < -0.39 is 5.97 Å². The molecule has 116 valence electrons. The van der Waals surface area contributed by atoms with Gasteiger partial charge in [0.15, 0.2) is 11.5 Å². The standard InChI is InChI=1S/C16H23NO4/c1-3-7-21-14-6-5-12(8-15(14)20-4-2)9-17-10-13(11-17)16(18)19/h5-6,8,13H,3-4,7,9-11H2,1-2H3,(H,18,19). The molecule has 0 spiro atoms. The van der Waals surface area contributed by atoms with Crippen molar-refractivity contribution >= 4 is 5.97 Å². The van der Waals surface area contributed by atoms with Crippen molar-refractivity contribution in [3.63, 3.8) is 0 Å². The zero-order valence-electron chi connectivity index (χ0n) is 12.7. The lowest BCUT2D eigenvalue weighted by molar-refractivity contribution is -0.147. The van der Waals surface area contributed by atoms with Crippen LogP contribution < -0.4 is 9.47 Å². The van der Waals surface area contributed by atoms with Crippen molar-refractivity contribution in [1.82, 2.24) is 4.90 Å². The highest BCUT2D eigenvalue weighted by atomic mass is 16.5. The molecule has 1 aliphatic heterocycles. The fraction of sp³-hybridized carbons (Fsp3) is 0.562. The highest BCUT2D eigenvalue weighted by Gasteiger charge is 2.32. The van der Waals surface area contributed by atoms with Gasteiger partial charge in [-0.05, 0) is 31.0 Å². The number of aliphatic carboxylic acids is 1. The molecule has 1 aromatic rings. The summed E-state index contributed by atoms with van der Waals surface area (Å²) in [6.45, 7) is 7.27. The average molecular weight is 293 g/mol. The molecule has 1 aliphatic rings. The van der Waals surface area contributed by atoms with Gasteiger partial charge in [0.2, 0.25) is 0 Å². The van der Waals surface area contributed by atoms with Gasteiger partial charge in [-0.25, -0.2) is 0 Å². The summed E-state index contributed by atoms with van der Waals surface area (Å²) in [5.41, 5.74) is 1.12. The van der Waals surface area contributed by atoms with Crippen LogP contribution in [0.25, 0.3) is 0 Å². The fourth-order valence-corrected chi connectivity index (χ4v) is 2.36. The molecule has 0 unspecified atom stereocenters. The van der Waals surface area contributed by atoms with E-state index in [-0.39, 0.29) is 5.92 Å². The Morgan fingerprint density at radius 1 is 1.29 bits per heavy atom. The lowest BCUT2D eigenvalue weighted by atomic mass is 9.99. The Morgan fingerprint density at radius 3 is 2.67 bits per heavy atom. The van der Waals surface area contributed by atoms with Gasteiger partial charge in [0.25, 0.3) is 0 Å². The first-order chi connectivity index (χ1) is 10.1. The monoisotopic (exact) mass is 293 g/mol. The van der Waals surface area contributed by atoms with Gasteiger partial charge in [-0.3, -0.25) is 9.69 Å². The Bertz CT molecular complexity index is 483. The van der Waals surface area contributed by atoms with Crippen LogP contribution in [0.2, 0.25) is 0 Å². The number of ether oxygens (including phenoxy) is 2. The summed E-state index contributed by atoms with van der Waals surface area (Å²) >= 11 is 0. The van der Waals surface area contributed by atoms with Crippen molar-refractivity contribution in [2.75, 3.05) is 26.3 Å². The predicted molar refractivity (Wildman–Crippen MR) is 79.8 cm³/mol. The number of likely N-dealkylation sites (tertiary alicyclic amines) is 1. The second-order valence-corrected chi connectivity index (χ2v) is 5.29. The summed E-state index contributed by atoms with van der Waals surface area (Å²) < 4.78 is 11.3. The smallest absolute Gasteiger partial charge is 0.309 e. The van der Waals surface area contributed by atoms with Gasteiger partial charge in [-0.1, -0.05) is 13.0 Å². The summed E-state index contributed by atoms with van der Waals surface area (Å²) in [6, 6.07) is 5.94. The fourth-order valence-electron chi connectivity index (χ4n) is 2.36. The Balaban J connectivity index is 1.97. The third-order valence-electron chi connectivity index (χ3n) is 3.48. The Hall–Kier alpha value is -1.75. The normalized spacial score (nSPS) is 15.5. The Morgan fingerprint density at radius 2 is 2.05 bits per heavy atom. The number of carboxylic acid groups (broad SMARTS) is 1. The molecule has 1 saturated heterocycles. The number of rotatable bonds is 8. The molecule has 5 nitrogen and oxygen atoms in total. The first-order valence-electron chi connectivity index (χ1n) is 7.47. The Kier molecular flexibility index (Phi) is 5.44. The molecule has 0 bridgehead atoms. The maximum atomic E-state index is 10.8. The lowest BCUT2D eigenvalue weighted by Crippen LogP contribution is -2.49.